The molecule has 2 rings (SSSR count). The van der Waals surface area contributed by atoms with Gasteiger partial charge >= 0.3 is 0 Å². The van der Waals surface area contributed by atoms with E-state index in [1.54, 1.807) is 36.0 Å². The lowest BCUT2D eigenvalue weighted by atomic mass is 10.1. The van der Waals surface area contributed by atoms with Gasteiger partial charge in [-0.1, -0.05) is 18.2 Å². The zero-order valence-electron chi connectivity index (χ0n) is 13.0. The van der Waals surface area contributed by atoms with Gasteiger partial charge in [-0.3, -0.25) is 9.59 Å². The number of rotatable bonds is 3. The van der Waals surface area contributed by atoms with Crippen LogP contribution in [0.4, 0.5) is 0 Å². The molecule has 122 valence electrons. The van der Waals surface area contributed by atoms with Crippen LogP contribution in [0.1, 0.15) is 34.7 Å². The monoisotopic (exact) mass is 335 g/mol. The molecule has 0 atom stereocenters. The number of benzene rings is 1. The predicted molar refractivity (Wildman–Crippen MR) is 82.0 cm³/mol. The Bertz CT molecular complexity index is 814. The van der Waals surface area contributed by atoms with Crippen molar-refractivity contribution >= 4 is 21.7 Å². The quantitative estimate of drug-likeness (QED) is 0.481. The smallest absolute Gasteiger partial charge is 0.248 e. The van der Waals surface area contributed by atoms with E-state index in [0.717, 1.165) is 0 Å². The van der Waals surface area contributed by atoms with Crippen molar-refractivity contribution in [2.24, 2.45) is 7.05 Å². The van der Waals surface area contributed by atoms with Gasteiger partial charge in [0.05, 0.1) is 4.90 Å². The van der Waals surface area contributed by atoms with Gasteiger partial charge in [-0.05, 0) is 19.1 Å². The van der Waals surface area contributed by atoms with E-state index in [9.17, 15) is 22.6 Å². The minimum Gasteiger partial charge on any atom is -0.744 e. The molecule has 0 amide bonds. The fourth-order valence-electron chi connectivity index (χ4n) is 1.73. The van der Waals surface area contributed by atoms with Crippen LogP contribution in [0, 0.1) is 0 Å². The summed E-state index contributed by atoms with van der Waals surface area (Å²) in [6.07, 6.45) is 1.72. The molecule has 1 aromatic heterocycles. The molecular weight excluding hydrogens is 318 g/mol. The number of hydrogen-bond acceptors (Lipinski definition) is 5. The molecule has 0 saturated heterocycles. The molecule has 0 radical (unpaired) electrons. The molecule has 0 fully saturated rings. The number of aromatic nitrogens is 1. The van der Waals surface area contributed by atoms with Crippen molar-refractivity contribution in [2.45, 2.75) is 18.7 Å². The summed E-state index contributed by atoms with van der Waals surface area (Å²) in [5.41, 5.74) is 1.12. The van der Waals surface area contributed by atoms with Gasteiger partial charge in [-0.15, -0.1) is 0 Å². The van der Waals surface area contributed by atoms with Crippen LogP contribution in [-0.4, -0.2) is 24.5 Å². The van der Waals surface area contributed by atoms with E-state index in [1.807, 2.05) is 0 Å². The maximum absolute atomic E-state index is 11.1. The number of ketones is 2. The third kappa shape index (κ3) is 5.72. The molecule has 1 heterocycles. The van der Waals surface area contributed by atoms with Gasteiger partial charge < -0.3 is 4.55 Å². The average molecular weight is 335 g/mol. The zero-order valence-corrected chi connectivity index (χ0v) is 13.8. The summed E-state index contributed by atoms with van der Waals surface area (Å²) in [5, 5.41) is 0. The molecule has 0 aliphatic rings. The highest BCUT2D eigenvalue weighted by molar-refractivity contribution is 7.85. The maximum Gasteiger partial charge on any atom is 0.248 e. The van der Waals surface area contributed by atoms with Crippen LogP contribution in [0.5, 0.6) is 0 Å². The molecule has 0 aliphatic heterocycles. The number of hydrogen-bond donors (Lipinski definition) is 0. The number of aryl methyl sites for hydroxylation is 1. The van der Waals surface area contributed by atoms with Crippen molar-refractivity contribution in [3.05, 3.63) is 59.9 Å². The van der Waals surface area contributed by atoms with Crippen molar-refractivity contribution in [1.82, 2.24) is 0 Å². The van der Waals surface area contributed by atoms with Crippen LogP contribution in [0.25, 0.3) is 0 Å². The molecule has 0 bridgehead atoms. The summed E-state index contributed by atoms with van der Waals surface area (Å²) in [5.74, 6) is -0.0614. The van der Waals surface area contributed by atoms with E-state index < -0.39 is 10.1 Å². The lowest BCUT2D eigenvalue weighted by Gasteiger charge is -2.04. The largest absolute Gasteiger partial charge is 0.744 e. The Morgan fingerprint density at radius 1 is 1.00 bits per heavy atom. The third-order valence-electron chi connectivity index (χ3n) is 2.95. The van der Waals surface area contributed by atoms with Crippen molar-refractivity contribution < 1.29 is 27.1 Å². The first-order valence-electron chi connectivity index (χ1n) is 6.65. The Kier molecular flexibility index (Phi) is 6.29. The molecule has 0 unspecified atom stereocenters. The van der Waals surface area contributed by atoms with Gasteiger partial charge in [0.15, 0.2) is 12.0 Å². The van der Waals surface area contributed by atoms with Crippen LogP contribution in [0.15, 0.2) is 53.6 Å². The summed E-state index contributed by atoms with van der Waals surface area (Å²) in [6.45, 7) is 2.97. The predicted octanol–water partition coefficient (Wildman–Crippen LogP) is 1.51. The Morgan fingerprint density at radius 3 is 1.96 bits per heavy atom. The van der Waals surface area contributed by atoms with Crippen LogP contribution >= 0.6 is 0 Å². The first kappa shape index (κ1) is 18.7. The van der Waals surface area contributed by atoms with Crippen molar-refractivity contribution in [2.75, 3.05) is 0 Å². The maximum atomic E-state index is 11.1. The van der Waals surface area contributed by atoms with Crippen LogP contribution in [0.2, 0.25) is 0 Å². The zero-order chi connectivity index (χ0) is 17.6. The van der Waals surface area contributed by atoms with E-state index in [4.69, 9.17) is 0 Å². The molecule has 7 heteroatoms. The second-order valence-electron chi connectivity index (χ2n) is 4.79. The van der Waals surface area contributed by atoms with Gasteiger partial charge in [0, 0.05) is 24.6 Å². The molecular formula is C16H17NO5S. The van der Waals surface area contributed by atoms with Crippen LogP contribution < -0.4 is 4.57 Å². The van der Waals surface area contributed by atoms with Crippen molar-refractivity contribution in [1.29, 1.82) is 0 Å². The van der Waals surface area contributed by atoms with Gasteiger partial charge in [0.1, 0.15) is 17.2 Å². The molecule has 23 heavy (non-hydrogen) atoms. The van der Waals surface area contributed by atoms with E-state index in [1.165, 1.54) is 38.1 Å². The van der Waals surface area contributed by atoms with E-state index in [2.05, 4.69) is 0 Å². The molecule has 0 saturated carbocycles. The SMILES string of the molecule is CC(=O)c1cc[n+](C)c(C(C)=O)c1.O=S(=O)([O-])c1ccccc1. The highest BCUT2D eigenvalue weighted by Crippen LogP contribution is 2.05. The Morgan fingerprint density at radius 2 is 1.57 bits per heavy atom. The molecule has 0 N–H and O–H groups in total. The van der Waals surface area contributed by atoms with Crippen LogP contribution in [0.3, 0.4) is 0 Å². The lowest BCUT2D eigenvalue weighted by Crippen LogP contribution is -2.35. The Labute approximate surface area is 135 Å². The Balaban J connectivity index is 0.000000238. The van der Waals surface area contributed by atoms with E-state index in [0.29, 0.717) is 11.3 Å². The molecule has 0 spiro atoms. The second kappa shape index (κ2) is 7.75. The summed E-state index contributed by atoms with van der Waals surface area (Å²) < 4.78 is 32.5. The first-order chi connectivity index (χ1) is 10.6. The summed E-state index contributed by atoms with van der Waals surface area (Å²) in [4.78, 5) is 21.9. The van der Waals surface area contributed by atoms with Crippen LogP contribution in [-0.2, 0) is 17.2 Å². The van der Waals surface area contributed by atoms with E-state index >= 15 is 0 Å². The van der Waals surface area contributed by atoms with Gasteiger partial charge in [-0.2, -0.15) is 4.57 Å². The Hall–Kier alpha value is -2.38. The highest BCUT2D eigenvalue weighted by Gasteiger charge is 2.13. The number of carbonyl (C=O) groups is 2. The highest BCUT2D eigenvalue weighted by atomic mass is 32.2. The number of nitrogens with zero attached hydrogens (tertiary/aromatic N) is 1. The molecule has 2 aromatic rings. The topological polar surface area (TPSA) is 95.2 Å². The fourth-order valence-corrected chi connectivity index (χ4v) is 2.22. The lowest BCUT2D eigenvalue weighted by molar-refractivity contribution is -0.673. The minimum absolute atomic E-state index is 0.0249. The van der Waals surface area contributed by atoms with Gasteiger partial charge in [0.25, 0.3) is 0 Å². The minimum atomic E-state index is -4.25. The normalized spacial score (nSPS) is 10.4. The standard InChI is InChI=1S/C10H12NO2.C6H6O3S/c1-7(12)9-4-5-11(3)10(6-9)8(2)13;7-10(8,9)6-4-2-1-3-5-6/h4-6H,1-3H3;1-5H,(H,7,8,9)/q+1;/p-1. The number of carbonyl (C=O) groups excluding carboxylic acids is 2. The van der Waals surface area contributed by atoms with E-state index in [-0.39, 0.29) is 16.5 Å². The van der Waals surface area contributed by atoms with Crippen molar-refractivity contribution in [3.8, 4) is 0 Å². The summed E-state index contributed by atoms with van der Waals surface area (Å²) in [6, 6.07) is 10.5. The molecule has 0 aliphatic carbocycles. The molecule has 6 nitrogen and oxygen atoms in total. The summed E-state index contributed by atoms with van der Waals surface area (Å²) >= 11 is 0. The van der Waals surface area contributed by atoms with Crippen molar-refractivity contribution in [3.63, 3.8) is 0 Å². The first-order valence-corrected chi connectivity index (χ1v) is 8.06. The number of Topliss-reactive ketones (excluding diaryl/α,β-unsaturated/α-hetero) is 2. The summed E-state index contributed by atoms with van der Waals surface area (Å²) in [7, 11) is -2.47. The second-order valence-corrected chi connectivity index (χ2v) is 6.17. The fraction of sp³-hybridized carbons (Fsp3) is 0.188. The van der Waals surface area contributed by atoms with Gasteiger partial charge in [-0.25, -0.2) is 8.42 Å². The van der Waals surface area contributed by atoms with Gasteiger partial charge in [0.2, 0.25) is 11.5 Å². The molecule has 1 aromatic carbocycles. The third-order valence-corrected chi connectivity index (χ3v) is 3.80. The number of pyridine rings is 1. The average Bonchev–Trinajstić information content (AvgIpc) is 2.48.